The lowest BCUT2D eigenvalue weighted by molar-refractivity contribution is -0.139. The number of hydrogen-bond acceptors (Lipinski definition) is 5. The van der Waals surface area contributed by atoms with E-state index in [4.69, 9.17) is 29.6 Å². The molecule has 0 saturated carbocycles. The molecule has 40 heavy (non-hydrogen) atoms. The van der Waals surface area contributed by atoms with Crippen LogP contribution < -0.4 is 5.32 Å². The van der Waals surface area contributed by atoms with Crippen LogP contribution in [0.1, 0.15) is 43.0 Å². The van der Waals surface area contributed by atoms with E-state index in [2.05, 4.69) is 11.2 Å². The van der Waals surface area contributed by atoms with Crippen molar-refractivity contribution in [3.05, 3.63) is 98.0 Å². The molecular formula is C29H24Cl2N2O6S. The van der Waals surface area contributed by atoms with Gasteiger partial charge in [-0.2, -0.15) is 0 Å². The lowest BCUT2D eigenvalue weighted by atomic mass is 9.95. The number of sulfone groups is 1. The van der Waals surface area contributed by atoms with Gasteiger partial charge in [0.15, 0.2) is 9.84 Å². The maximum absolute atomic E-state index is 13.2. The number of carboxylic acids is 1. The lowest BCUT2D eigenvalue weighted by Crippen LogP contribution is -2.42. The van der Waals surface area contributed by atoms with Crippen molar-refractivity contribution in [1.82, 2.24) is 10.2 Å². The predicted octanol–water partition coefficient (Wildman–Crippen LogP) is 4.00. The topological polar surface area (TPSA) is 121 Å². The largest absolute Gasteiger partial charge is 0.480 e. The Morgan fingerprint density at radius 3 is 2.52 bits per heavy atom. The number of benzene rings is 3. The fraction of sp³-hybridized carbons (Fsp3) is 0.207. The van der Waals surface area contributed by atoms with Crippen molar-refractivity contribution in [2.75, 3.05) is 12.8 Å². The Bertz CT molecular complexity index is 1680. The molecule has 1 atom stereocenters. The van der Waals surface area contributed by atoms with Crippen LogP contribution in [0.3, 0.4) is 0 Å². The van der Waals surface area contributed by atoms with Gasteiger partial charge in [-0.1, -0.05) is 47.3 Å². The molecule has 1 aliphatic heterocycles. The fourth-order valence-electron chi connectivity index (χ4n) is 4.53. The molecule has 11 heteroatoms. The number of halogens is 2. The average Bonchev–Trinajstić information content (AvgIpc) is 2.91. The van der Waals surface area contributed by atoms with E-state index in [1.165, 1.54) is 18.2 Å². The first kappa shape index (κ1) is 29.2. The zero-order valence-corrected chi connectivity index (χ0v) is 23.6. The van der Waals surface area contributed by atoms with Crippen LogP contribution in [0.4, 0.5) is 0 Å². The third kappa shape index (κ3) is 6.31. The van der Waals surface area contributed by atoms with E-state index in [0.29, 0.717) is 40.8 Å². The Morgan fingerprint density at radius 1 is 1.12 bits per heavy atom. The number of carbonyl (C=O) groups excluding carboxylic acids is 2. The molecule has 206 valence electrons. The number of rotatable bonds is 7. The quantitative estimate of drug-likeness (QED) is 0.396. The van der Waals surface area contributed by atoms with Crippen molar-refractivity contribution in [3.8, 4) is 12.3 Å². The molecule has 0 radical (unpaired) electrons. The molecule has 4 rings (SSSR count). The minimum absolute atomic E-state index is 0.00749. The van der Waals surface area contributed by atoms with Gasteiger partial charge >= 0.3 is 5.97 Å². The van der Waals surface area contributed by atoms with Crippen LogP contribution in [0, 0.1) is 12.3 Å². The third-order valence-electron chi connectivity index (χ3n) is 6.57. The Hall–Kier alpha value is -3.84. The molecule has 3 aromatic rings. The van der Waals surface area contributed by atoms with Gasteiger partial charge in [-0.25, -0.2) is 13.2 Å². The smallest absolute Gasteiger partial charge is 0.326 e. The van der Waals surface area contributed by atoms with Gasteiger partial charge in [-0.15, -0.1) is 6.42 Å². The van der Waals surface area contributed by atoms with Crippen LogP contribution in [-0.4, -0.2) is 55.1 Å². The van der Waals surface area contributed by atoms with Crippen LogP contribution in [0.2, 0.25) is 10.0 Å². The van der Waals surface area contributed by atoms with Gasteiger partial charge in [-0.3, -0.25) is 9.59 Å². The Balaban J connectivity index is 1.55. The highest BCUT2D eigenvalue weighted by Crippen LogP contribution is 2.35. The van der Waals surface area contributed by atoms with Crippen molar-refractivity contribution >= 4 is 50.8 Å². The SMILES string of the molecule is C#Cc1cccc(C(=O)N2CCc3c(cc(Cl)c(C(=O)NC(Cc4cccc(S(C)(=O)=O)c4)C(=O)O)c3Cl)C2)c1. The van der Waals surface area contributed by atoms with E-state index < -0.39 is 27.8 Å². The summed E-state index contributed by atoms with van der Waals surface area (Å²) in [6.45, 7) is 0.549. The second kappa shape index (κ2) is 11.7. The van der Waals surface area contributed by atoms with E-state index in [0.717, 1.165) is 6.26 Å². The van der Waals surface area contributed by atoms with Gasteiger partial charge < -0.3 is 15.3 Å². The van der Waals surface area contributed by atoms with Crippen molar-refractivity contribution in [2.45, 2.75) is 30.3 Å². The maximum atomic E-state index is 13.2. The third-order valence-corrected chi connectivity index (χ3v) is 8.39. The second-order valence-corrected chi connectivity index (χ2v) is 12.2. The van der Waals surface area contributed by atoms with Gasteiger partial charge in [0.2, 0.25) is 0 Å². The number of nitrogens with zero attached hydrogens (tertiary/aromatic N) is 1. The van der Waals surface area contributed by atoms with Crippen molar-refractivity contribution < 1.29 is 27.9 Å². The van der Waals surface area contributed by atoms with Gasteiger partial charge in [0.1, 0.15) is 6.04 Å². The number of nitrogens with one attached hydrogen (secondary N) is 1. The summed E-state index contributed by atoms with van der Waals surface area (Å²) in [6.07, 6.45) is 6.69. The molecule has 0 saturated heterocycles. The number of aliphatic carboxylic acids is 1. The van der Waals surface area contributed by atoms with Gasteiger partial charge in [0.25, 0.3) is 11.8 Å². The zero-order valence-electron chi connectivity index (χ0n) is 21.3. The molecule has 0 aromatic heterocycles. The van der Waals surface area contributed by atoms with Gasteiger partial charge in [0.05, 0.1) is 20.5 Å². The Labute approximate surface area is 241 Å². The summed E-state index contributed by atoms with van der Waals surface area (Å²) in [5.41, 5.74) is 2.70. The summed E-state index contributed by atoms with van der Waals surface area (Å²) in [6, 6.07) is 12.8. The number of hydrogen-bond donors (Lipinski definition) is 2. The summed E-state index contributed by atoms with van der Waals surface area (Å²) in [5, 5.41) is 12.3. The maximum Gasteiger partial charge on any atom is 0.326 e. The van der Waals surface area contributed by atoms with Crippen LogP contribution in [-0.2, 0) is 34.0 Å². The molecule has 1 unspecified atom stereocenters. The normalized spacial score (nSPS) is 13.6. The minimum Gasteiger partial charge on any atom is -0.480 e. The second-order valence-electron chi connectivity index (χ2n) is 9.37. The van der Waals surface area contributed by atoms with Crippen LogP contribution in [0.25, 0.3) is 0 Å². The first-order valence-corrected chi connectivity index (χ1v) is 14.7. The molecule has 0 aliphatic carbocycles. The highest BCUT2D eigenvalue weighted by Gasteiger charge is 2.30. The number of fused-ring (bicyclic) bond motifs is 1. The zero-order chi connectivity index (χ0) is 29.2. The molecule has 2 N–H and O–H groups in total. The highest BCUT2D eigenvalue weighted by atomic mass is 35.5. The number of amides is 2. The molecule has 1 heterocycles. The van der Waals surface area contributed by atoms with Crippen molar-refractivity contribution in [3.63, 3.8) is 0 Å². The molecule has 0 fully saturated rings. The standard InChI is InChI=1S/C29H24Cl2N2O6S/c1-3-17-6-4-8-19(12-17)28(35)33-11-10-22-20(16-33)15-23(30)25(26(22)31)27(34)32-24(29(36)37)14-18-7-5-9-21(13-18)40(2,38)39/h1,4-9,12-13,15,24H,10-11,14,16H2,2H3,(H,32,34)(H,36,37). The van der Waals surface area contributed by atoms with E-state index in [1.807, 2.05) is 0 Å². The monoisotopic (exact) mass is 598 g/mol. The number of terminal acetylenes is 1. The van der Waals surface area contributed by atoms with Crippen molar-refractivity contribution in [2.24, 2.45) is 0 Å². The average molecular weight is 599 g/mol. The molecule has 1 aliphatic rings. The first-order chi connectivity index (χ1) is 18.9. The summed E-state index contributed by atoms with van der Waals surface area (Å²) in [4.78, 5) is 39.9. The van der Waals surface area contributed by atoms with E-state index in [-0.39, 0.29) is 39.4 Å². The molecular weight excluding hydrogens is 575 g/mol. The highest BCUT2D eigenvalue weighted by molar-refractivity contribution is 7.90. The Kier molecular flexibility index (Phi) is 8.54. The van der Waals surface area contributed by atoms with Crippen LogP contribution in [0.15, 0.2) is 59.5 Å². The predicted molar refractivity (Wildman–Crippen MR) is 151 cm³/mol. The molecule has 2 amide bonds. The lowest BCUT2D eigenvalue weighted by Gasteiger charge is -2.30. The van der Waals surface area contributed by atoms with E-state index in [9.17, 15) is 27.9 Å². The van der Waals surface area contributed by atoms with Crippen LogP contribution >= 0.6 is 23.2 Å². The van der Waals surface area contributed by atoms with E-state index in [1.54, 1.807) is 41.3 Å². The summed E-state index contributed by atoms with van der Waals surface area (Å²) >= 11 is 13.1. The molecule has 0 bridgehead atoms. The van der Waals surface area contributed by atoms with Gasteiger partial charge in [0, 0.05) is 36.9 Å². The summed E-state index contributed by atoms with van der Waals surface area (Å²) in [5.74, 6) is 0.206. The summed E-state index contributed by atoms with van der Waals surface area (Å²) < 4.78 is 23.7. The molecule has 3 aromatic carbocycles. The van der Waals surface area contributed by atoms with Gasteiger partial charge in [-0.05, 0) is 59.5 Å². The minimum atomic E-state index is -3.50. The van der Waals surface area contributed by atoms with E-state index >= 15 is 0 Å². The first-order valence-electron chi connectivity index (χ1n) is 12.1. The number of carbonyl (C=O) groups is 3. The Morgan fingerprint density at radius 2 is 1.85 bits per heavy atom. The fourth-order valence-corrected chi connectivity index (χ4v) is 5.98. The molecule has 0 spiro atoms. The number of carboxylic acid groups (broad SMARTS) is 1. The van der Waals surface area contributed by atoms with Crippen molar-refractivity contribution in [1.29, 1.82) is 0 Å². The summed E-state index contributed by atoms with van der Waals surface area (Å²) in [7, 11) is -3.50. The molecule has 8 nitrogen and oxygen atoms in total. The van der Waals surface area contributed by atoms with Crippen LogP contribution in [0.5, 0.6) is 0 Å².